The van der Waals surface area contributed by atoms with Crippen molar-refractivity contribution in [2.24, 2.45) is 29.1 Å². The molecule has 0 heterocycles. The molecule has 0 nitrogen and oxygen atoms in total. The zero-order chi connectivity index (χ0) is 8.93. The lowest BCUT2D eigenvalue weighted by molar-refractivity contribution is 0.327. The third-order valence-corrected chi connectivity index (χ3v) is 4.46. The van der Waals surface area contributed by atoms with E-state index in [2.05, 4.69) is 39.8 Å². The molecule has 2 saturated carbocycles. The molecule has 2 fully saturated rings. The Labute approximate surface area is 76.1 Å². The van der Waals surface area contributed by atoms with Gasteiger partial charge in [0.1, 0.15) is 0 Å². The van der Waals surface area contributed by atoms with E-state index >= 15 is 0 Å². The second kappa shape index (κ2) is 2.37. The van der Waals surface area contributed by atoms with Crippen LogP contribution in [0, 0.1) is 29.1 Å². The van der Waals surface area contributed by atoms with Crippen molar-refractivity contribution in [3.8, 4) is 0 Å². The smallest absolute Gasteiger partial charge is 0.00814 e. The zero-order valence-corrected chi connectivity index (χ0v) is 8.67. The van der Waals surface area contributed by atoms with Crippen LogP contribution in [0.4, 0.5) is 0 Å². The van der Waals surface area contributed by atoms with E-state index in [1.165, 1.54) is 6.42 Å². The standard InChI is InChI=1S/C12H20/c1-5-6-12(4)10-7-8(2)9(3)11(10)12/h5-6,8-11H,7H2,1-4H3/b6-5+. The van der Waals surface area contributed by atoms with Crippen molar-refractivity contribution in [1.82, 2.24) is 0 Å². The van der Waals surface area contributed by atoms with Gasteiger partial charge in [-0.15, -0.1) is 0 Å². The minimum Gasteiger partial charge on any atom is -0.0911 e. The van der Waals surface area contributed by atoms with Gasteiger partial charge >= 0.3 is 0 Å². The van der Waals surface area contributed by atoms with Gasteiger partial charge in [0.2, 0.25) is 0 Å². The summed E-state index contributed by atoms with van der Waals surface area (Å²) < 4.78 is 0. The molecule has 68 valence electrons. The number of fused-ring (bicyclic) bond motifs is 1. The highest BCUT2D eigenvalue weighted by atomic mass is 14.7. The van der Waals surface area contributed by atoms with Crippen molar-refractivity contribution in [3.63, 3.8) is 0 Å². The van der Waals surface area contributed by atoms with E-state index < -0.39 is 0 Å². The number of allylic oxidation sites excluding steroid dienone is 2. The van der Waals surface area contributed by atoms with E-state index in [0.29, 0.717) is 5.41 Å². The monoisotopic (exact) mass is 164 g/mol. The number of rotatable bonds is 1. The van der Waals surface area contributed by atoms with Crippen molar-refractivity contribution >= 4 is 0 Å². The fourth-order valence-corrected chi connectivity index (χ4v) is 3.56. The maximum Gasteiger partial charge on any atom is -0.00814 e. The van der Waals surface area contributed by atoms with Gasteiger partial charge in [-0.3, -0.25) is 0 Å². The predicted octanol–water partition coefficient (Wildman–Crippen LogP) is 3.49. The second-order valence-electron chi connectivity index (χ2n) is 5.07. The third-order valence-electron chi connectivity index (χ3n) is 4.46. The van der Waals surface area contributed by atoms with Gasteiger partial charge in [-0.1, -0.05) is 32.9 Å². The average molecular weight is 164 g/mol. The molecule has 0 aliphatic heterocycles. The molecule has 0 aromatic rings. The van der Waals surface area contributed by atoms with Gasteiger partial charge < -0.3 is 0 Å². The van der Waals surface area contributed by atoms with Crippen molar-refractivity contribution in [3.05, 3.63) is 12.2 Å². The Morgan fingerprint density at radius 1 is 1.33 bits per heavy atom. The van der Waals surface area contributed by atoms with Crippen LogP contribution in [0.3, 0.4) is 0 Å². The molecule has 0 saturated heterocycles. The Morgan fingerprint density at radius 3 is 2.42 bits per heavy atom. The SMILES string of the molecule is C/C=C/C1(C)C2CC(C)C(C)C21. The molecule has 0 spiro atoms. The lowest BCUT2D eigenvalue weighted by atomic mass is 9.85. The van der Waals surface area contributed by atoms with E-state index in [-0.39, 0.29) is 0 Å². The lowest BCUT2D eigenvalue weighted by Crippen LogP contribution is -2.12. The Morgan fingerprint density at radius 2 is 2.00 bits per heavy atom. The van der Waals surface area contributed by atoms with Crippen LogP contribution < -0.4 is 0 Å². The molecule has 5 unspecified atom stereocenters. The summed E-state index contributed by atoms with van der Waals surface area (Å²) in [4.78, 5) is 0. The van der Waals surface area contributed by atoms with E-state index in [1.54, 1.807) is 0 Å². The van der Waals surface area contributed by atoms with Gasteiger partial charge in [0.25, 0.3) is 0 Å². The first-order chi connectivity index (χ1) is 5.61. The normalized spacial score (nSPS) is 57.7. The molecule has 12 heavy (non-hydrogen) atoms. The van der Waals surface area contributed by atoms with E-state index in [4.69, 9.17) is 0 Å². The summed E-state index contributed by atoms with van der Waals surface area (Å²) in [6.45, 7) is 9.43. The summed E-state index contributed by atoms with van der Waals surface area (Å²) in [5.74, 6) is 3.94. The highest BCUT2D eigenvalue weighted by Crippen LogP contribution is 2.71. The largest absolute Gasteiger partial charge is 0.0911 e. The molecule has 2 rings (SSSR count). The second-order valence-corrected chi connectivity index (χ2v) is 5.07. The first kappa shape index (κ1) is 8.34. The van der Waals surface area contributed by atoms with Gasteiger partial charge in [0.15, 0.2) is 0 Å². The minimum absolute atomic E-state index is 0.584. The predicted molar refractivity (Wildman–Crippen MR) is 52.8 cm³/mol. The molecule has 2 aliphatic carbocycles. The van der Waals surface area contributed by atoms with Crippen molar-refractivity contribution < 1.29 is 0 Å². The summed E-state index contributed by atoms with van der Waals surface area (Å²) in [6, 6.07) is 0. The Kier molecular flexibility index (Phi) is 1.65. The van der Waals surface area contributed by atoms with Crippen LogP contribution in [0.15, 0.2) is 12.2 Å². The van der Waals surface area contributed by atoms with Gasteiger partial charge in [0.05, 0.1) is 0 Å². The van der Waals surface area contributed by atoms with E-state index in [0.717, 1.165) is 23.7 Å². The van der Waals surface area contributed by atoms with Gasteiger partial charge in [-0.25, -0.2) is 0 Å². The maximum atomic E-state index is 2.44. The summed E-state index contributed by atoms with van der Waals surface area (Å²) in [7, 11) is 0. The van der Waals surface area contributed by atoms with Crippen LogP contribution in [-0.2, 0) is 0 Å². The zero-order valence-electron chi connectivity index (χ0n) is 8.67. The van der Waals surface area contributed by atoms with Crippen LogP contribution in [-0.4, -0.2) is 0 Å². The Bertz CT molecular complexity index is 216. The maximum absolute atomic E-state index is 2.44. The first-order valence-electron chi connectivity index (χ1n) is 5.25. The van der Waals surface area contributed by atoms with Crippen LogP contribution in [0.25, 0.3) is 0 Å². The third kappa shape index (κ3) is 0.841. The summed E-state index contributed by atoms with van der Waals surface area (Å²) in [6.07, 6.45) is 6.13. The fraction of sp³-hybridized carbons (Fsp3) is 0.833. The van der Waals surface area contributed by atoms with Crippen molar-refractivity contribution in [2.75, 3.05) is 0 Å². The van der Waals surface area contributed by atoms with Crippen LogP contribution >= 0.6 is 0 Å². The highest BCUT2D eigenvalue weighted by Gasteiger charge is 2.65. The molecule has 0 radical (unpaired) electrons. The highest BCUT2D eigenvalue weighted by molar-refractivity contribution is 5.22. The molecule has 0 N–H and O–H groups in total. The molecule has 2 aliphatic rings. The molecule has 0 aromatic heterocycles. The summed E-state index contributed by atoms with van der Waals surface area (Å²) in [5, 5.41) is 0. The van der Waals surface area contributed by atoms with Gasteiger partial charge in [0, 0.05) is 0 Å². The summed E-state index contributed by atoms with van der Waals surface area (Å²) >= 11 is 0. The van der Waals surface area contributed by atoms with Gasteiger partial charge in [-0.2, -0.15) is 0 Å². The van der Waals surface area contributed by atoms with Crippen LogP contribution in [0.2, 0.25) is 0 Å². The topological polar surface area (TPSA) is 0 Å². The average Bonchev–Trinajstić information content (AvgIpc) is 2.39. The molecular formula is C12H20. The quantitative estimate of drug-likeness (QED) is 0.520. The lowest BCUT2D eigenvalue weighted by Gasteiger charge is -2.20. The van der Waals surface area contributed by atoms with Crippen LogP contribution in [0.5, 0.6) is 0 Å². The fourth-order valence-electron chi connectivity index (χ4n) is 3.56. The molecule has 0 bridgehead atoms. The van der Waals surface area contributed by atoms with Crippen LogP contribution in [0.1, 0.15) is 34.1 Å². The number of hydrogen-bond donors (Lipinski definition) is 0. The molecular weight excluding hydrogens is 144 g/mol. The molecule has 0 aromatic carbocycles. The molecule has 5 atom stereocenters. The Balaban J connectivity index is 2.12. The molecule has 0 amide bonds. The van der Waals surface area contributed by atoms with E-state index in [9.17, 15) is 0 Å². The first-order valence-corrected chi connectivity index (χ1v) is 5.25. The van der Waals surface area contributed by atoms with Crippen molar-refractivity contribution in [1.29, 1.82) is 0 Å². The number of hydrogen-bond acceptors (Lipinski definition) is 0. The minimum atomic E-state index is 0.584. The summed E-state index contributed by atoms with van der Waals surface area (Å²) in [5.41, 5.74) is 0.584. The van der Waals surface area contributed by atoms with Gasteiger partial charge in [-0.05, 0) is 42.4 Å². The van der Waals surface area contributed by atoms with E-state index in [1.807, 2.05) is 0 Å². The molecule has 0 heteroatoms. The Hall–Kier alpha value is -0.260. The van der Waals surface area contributed by atoms with Crippen molar-refractivity contribution in [2.45, 2.75) is 34.1 Å².